The summed E-state index contributed by atoms with van der Waals surface area (Å²) in [6, 6.07) is 11.1. The quantitative estimate of drug-likeness (QED) is 0.812. The minimum Gasteiger partial charge on any atom is -0.508 e. The Labute approximate surface area is 149 Å². The average molecular weight is 338 g/mol. The Balaban J connectivity index is 2.01. The number of fused-ring (bicyclic) bond motifs is 1. The monoisotopic (exact) mass is 338 g/mol. The van der Waals surface area contributed by atoms with Crippen molar-refractivity contribution in [3.63, 3.8) is 0 Å². The largest absolute Gasteiger partial charge is 0.508 e. The number of ether oxygens (including phenoxy) is 1. The molecule has 1 aliphatic rings. The number of benzene rings is 2. The lowest BCUT2D eigenvalue weighted by molar-refractivity contribution is 0.389. The maximum Gasteiger partial charge on any atom is 0.129 e. The third-order valence-electron chi connectivity index (χ3n) is 5.19. The third kappa shape index (κ3) is 3.34. The van der Waals surface area contributed by atoms with Crippen molar-refractivity contribution in [3.05, 3.63) is 47.5 Å². The van der Waals surface area contributed by atoms with Gasteiger partial charge in [-0.25, -0.2) is 0 Å². The van der Waals surface area contributed by atoms with E-state index in [2.05, 4.69) is 49.8 Å². The Bertz CT molecular complexity index is 794. The van der Waals surface area contributed by atoms with Crippen LogP contribution in [-0.2, 0) is 0 Å². The molecule has 0 bridgehead atoms. The van der Waals surface area contributed by atoms with Crippen LogP contribution >= 0.6 is 0 Å². The first kappa shape index (κ1) is 17.3. The molecule has 1 heterocycles. The van der Waals surface area contributed by atoms with E-state index >= 15 is 0 Å². The normalized spacial score (nSPS) is 19.1. The lowest BCUT2D eigenvalue weighted by atomic mass is 9.80. The molecule has 0 aliphatic carbocycles. The average Bonchev–Trinajstić information content (AvgIpc) is 2.58. The van der Waals surface area contributed by atoms with E-state index in [0.717, 1.165) is 23.4 Å². The highest BCUT2D eigenvalue weighted by Crippen LogP contribution is 2.44. The second-order valence-corrected chi connectivity index (χ2v) is 7.40. The molecule has 1 unspecified atom stereocenters. The molecule has 25 heavy (non-hydrogen) atoms. The van der Waals surface area contributed by atoms with Gasteiger partial charge in [-0.3, -0.25) is 4.99 Å². The van der Waals surface area contributed by atoms with Gasteiger partial charge in [0.1, 0.15) is 11.5 Å². The summed E-state index contributed by atoms with van der Waals surface area (Å²) in [6.07, 6.45) is 2.94. The molecular formula is C21H26N2O2. The van der Waals surface area contributed by atoms with Crippen LogP contribution in [0, 0.1) is 0 Å². The number of anilines is 1. The van der Waals surface area contributed by atoms with Gasteiger partial charge >= 0.3 is 0 Å². The first-order valence-electron chi connectivity index (χ1n) is 8.60. The number of aromatic hydroxyl groups is 1. The zero-order chi connectivity index (χ0) is 18.2. The van der Waals surface area contributed by atoms with Crippen LogP contribution in [0.2, 0.25) is 0 Å². The number of rotatable bonds is 3. The summed E-state index contributed by atoms with van der Waals surface area (Å²) in [7, 11) is 3.84. The summed E-state index contributed by atoms with van der Waals surface area (Å²) in [5.74, 6) is 1.54. The van der Waals surface area contributed by atoms with Gasteiger partial charge in [0.25, 0.3) is 0 Å². The molecule has 2 aromatic rings. The number of hydrogen-bond donors (Lipinski definition) is 1. The van der Waals surface area contributed by atoms with Crippen LogP contribution in [0.15, 0.2) is 41.4 Å². The van der Waals surface area contributed by atoms with Crippen LogP contribution < -0.4 is 9.64 Å². The van der Waals surface area contributed by atoms with E-state index in [1.54, 1.807) is 31.4 Å². The second-order valence-electron chi connectivity index (χ2n) is 7.40. The van der Waals surface area contributed by atoms with Gasteiger partial charge in [-0.05, 0) is 62.1 Å². The molecule has 0 amide bonds. The first-order chi connectivity index (χ1) is 11.8. The van der Waals surface area contributed by atoms with Crippen molar-refractivity contribution in [2.45, 2.75) is 38.6 Å². The summed E-state index contributed by atoms with van der Waals surface area (Å²) in [4.78, 5) is 6.86. The zero-order valence-electron chi connectivity index (χ0n) is 15.6. The fourth-order valence-electron chi connectivity index (χ4n) is 3.57. The van der Waals surface area contributed by atoms with Crippen molar-refractivity contribution in [3.8, 4) is 11.5 Å². The van der Waals surface area contributed by atoms with Crippen molar-refractivity contribution >= 4 is 17.6 Å². The Kier molecular flexibility index (Phi) is 4.46. The van der Waals surface area contributed by atoms with Crippen LogP contribution in [0.25, 0.3) is 0 Å². The van der Waals surface area contributed by atoms with E-state index in [-0.39, 0.29) is 11.3 Å². The van der Waals surface area contributed by atoms with E-state index in [4.69, 9.17) is 4.74 Å². The Morgan fingerprint density at radius 1 is 1.24 bits per heavy atom. The van der Waals surface area contributed by atoms with Crippen molar-refractivity contribution < 1.29 is 9.84 Å². The van der Waals surface area contributed by atoms with E-state index < -0.39 is 0 Å². The van der Waals surface area contributed by atoms with Crippen LogP contribution in [0.5, 0.6) is 11.5 Å². The smallest absolute Gasteiger partial charge is 0.129 e. The van der Waals surface area contributed by atoms with E-state index in [9.17, 15) is 5.11 Å². The molecule has 132 valence electrons. The van der Waals surface area contributed by atoms with Gasteiger partial charge in [0.2, 0.25) is 0 Å². The number of phenols is 1. The predicted molar refractivity (Wildman–Crippen MR) is 104 cm³/mol. The minimum absolute atomic E-state index is 0.124. The molecule has 2 aromatic carbocycles. The summed E-state index contributed by atoms with van der Waals surface area (Å²) in [5, 5.41) is 9.38. The fourth-order valence-corrected chi connectivity index (χ4v) is 3.57. The van der Waals surface area contributed by atoms with Crippen LogP contribution in [0.4, 0.5) is 11.4 Å². The van der Waals surface area contributed by atoms with Gasteiger partial charge in [-0.2, -0.15) is 0 Å². The summed E-state index contributed by atoms with van der Waals surface area (Å²) < 4.78 is 5.61. The molecule has 0 fully saturated rings. The Morgan fingerprint density at radius 2 is 1.92 bits per heavy atom. The lowest BCUT2D eigenvalue weighted by Gasteiger charge is -2.45. The molecule has 0 spiro atoms. The SMILES string of the molecule is COc1cc2c(cc1C=Nc1ccc(O)cc1)C(C)CC(C)(C)N2C. The fraction of sp³-hybridized carbons (Fsp3) is 0.381. The summed E-state index contributed by atoms with van der Waals surface area (Å²) >= 11 is 0. The molecule has 0 saturated carbocycles. The number of hydrogen-bond acceptors (Lipinski definition) is 4. The third-order valence-corrected chi connectivity index (χ3v) is 5.19. The number of methoxy groups -OCH3 is 1. The lowest BCUT2D eigenvalue weighted by Crippen LogP contribution is -2.45. The Morgan fingerprint density at radius 3 is 2.56 bits per heavy atom. The summed E-state index contributed by atoms with van der Waals surface area (Å²) in [5.41, 5.74) is 4.44. The standard InChI is InChI=1S/C21H26N2O2/c1-14-12-21(2,3)23(4)19-11-20(25-5)15(10-18(14)19)13-22-16-6-8-17(24)9-7-16/h6-11,13-14,24H,12H2,1-5H3. The highest BCUT2D eigenvalue weighted by atomic mass is 16.5. The van der Waals surface area contributed by atoms with Gasteiger partial charge in [0.15, 0.2) is 0 Å². The number of phenolic OH excluding ortho intramolecular Hbond substituents is 1. The highest BCUT2D eigenvalue weighted by molar-refractivity contribution is 5.87. The highest BCUT2D eigenvalue weighted by Gasteiger charge is 2.34. The molecular weight excluding hydrogens is 312 g/mol. The molecule has 0 radical (unpaired) electrons. The van der Waals surface area contributed by atoms with E-state index in [1.807, 2.05) is 6.21 Å². The van der Waals surface area contributed by atoms with Crippen LogP contribution in [0.3, 0.4) is 0 Å². The Hall–Kier alpha value is -2.49. The topological polar surface area (TPSA) is 45.1 Å². The molecule has 1 atom stereocenters. The van der Waals surface area contributed by atoms with Crippen LogP contribution in [0.1, 0.15) is 44.2 Å². The number of aliphatic imine (C=N–C) groups is 1. The van der Waals surface area contributed by atoms with Crippen LogP contribution in [-0.4, -0.2) is 31.0 Å². The van der Waals surface area contributed by atoms with E-state index in [1.165, 1.54) is 11.3 Å². The van der Waals surface area contributed by atoms with E-state index in [0.29, 0.717) is 5.92 Å². The van der Waals surface area contributed by atoms with Gasteiger partial charge in [0, 0.05) is 36.1 Å². The van der Waals surface area contributed by atoms with Crippen molar-refractivity contribution in [1.82, 2.24) is 0 Å². The van der Waals surface area contributed by atoms with Gasteiger partial charge in [-0.15, -0.1) is 0 Å². The maximum absolute atomic E-state index is 9.38. The maximum atomic E-state index is 9.38. The first-order valence-corrected chi connectivity index (χ1v) is 8.60. The molecule has 0 aromatic heterocycles. The molecule has 3 rings (SSSR count). The summed E-state index contributed by atoms with van der Waals surface area (Å²) in [6.45, 7) is 6.83. The molecule has 4 nitrogen and oxygen atoms in total. The van der Waals surface area contributed by atoms with Gasteiger partial charge in [0.05, 0.1) is 12.8 Å². The molecule has 4 heteroatoms. The zero-order valence-corrected chi connectivity index (χ0v) is 15.6. The second kappa shape index (κ2) is 6.43. The molecule has 0 saturated heterocycles. The molecule has 1 aliphatic heterocycles. The van der Waals surface area contributed by atoms with Gasteiger partial charge < -0.3 is 14.7 Å². The minimum atomic E-state index is 0.124. The van der Waals surface area contributed by atoms with Crippen molar-refractivity contribution in [1.29, 1.82) is 0 Å². The molecule has 1 N–H and O–H groups in total. The van der Waals surface area contributed by atoms with Crippen molar-refractivity contribution in [2.24, 2.45) is 4.99 Å². The van der Waals surface area contributed by atoms with Gasteiger partial charge in [-0.1, -0.05) is 6.92 Å². The number of nitrogens with zero attached hydrogens (tertiary/aromatic N) is 2. The van der Waals surface area contributed by atoms with Crippen molar-refractivity contribution in [2.75, 3.05) is 19.1 Å². The predicted octanol–water partition coefficient (Wildman–Crippen LogP) is 4.87.